The van der Waals surface area contributed by atoms with Gasteiger partial charge in [0.15, 0.2) is 9.84 Å². The SMILES string of the molecule is CCOc1ccc(C(=O)NC(C(=O)NCCCS(=O)(=O)c2ccccc2)C(C)C)cc1. The molecule has 2 rings (SSSR count). The number of ether oxygens (including phenoxy) is 1. The van der Waals surface area contributed by atoms with E-state index in [4.69, 9.17) is 4.74 Å². The zero-order chi connectivity index (χ0) is 22.9. The van der Waals surface area contributed by atoms with E-state index in [1.165, 1.54) is 0 Å². The molecule has 1 atom stereocenters. The van der Waals surface area contributed by atoms with E-state index in [-0.39, 0.29) is 41.3 Å². The highest BCUT2D eigenvalue weighted by atomic mass is 32.2. The fraction of sp³-hybridized carbons (Fsp3) is 0.391. The van der Waals surface area contributed by atoms with Crippen LogP contribution in [0.1, 0.15) is 37.6 Å². The molecule has 2 aromatic carbocycles. The number of hydrogen-bond acceptors (Lipinski definition) is 5. The van der Waals surface area contributed by atoms with Crippen molar-refractivity contribution in [3.8, 4) is 5.75 Å². The van der Waals surface area contributed by atoms with Crippen molar-refractivity contribution in [3.63, 3.8) is 0 Å². The minimum absolute atomic E-state index is 0.0673. The quantitative estimate of drug-likeness (QED) is 0.517. The average molecular weight is 447 g/mol. The summed E-state index contributed by atoms with van der Waals surface area (Å²) in [4.78, 5) is 25.4. The number of rotatable bonds is 11. The molecule has 2 N–H and O–H groups in total. The summed E-state index contributed by atoms with van der Waals surface area (Å²) in [6.07, 6.45) is 0.278. The fourth-order valence-electron chi connectivity index (χ4n) is 2.96. The van der Waals surface area contributed by atoms with Gasteiger partial charge in [-0.3, -0.25) is 9.59 Å². The minimum atomic E-state index is -3.39. The molecule has 0 saturated carbocycles. The largest absolute Gasteiger partial charge is 0.494 e. The number of carbonyl (C=O) groups is 2. The van der Waals surface area contributed by atoms with Crippen molar-refractivity contribution in [2.24, 2.45) is 5.92 Å². The Morgan fingerprint density at radius 3 is 2.23 bits per heavy atom. The summed E-state index contributed by atoms with van der Waals surface area (Å²) in [6, 6.07) is 14.2. The van der Waals surface area contributed by atoms with Gasteiger partial charge >= 0.3 is 0 Å². The second-order valence-corrected chi connectivity index (χ2v) is 9.54. The molecule has 8 heteroatoms. The Labute approximate surface area is 184 Å². The highest BCUT2D eigenvalue weighted by Gasteiger charge is 2.24. The van der Waals surface area contributed by atoms with Crippen LogP contribution < -0.4 is 15.4 Å². The van der Waals surface area contributed by atoms with Crippen molar-refractivity contribution in [1.82, 2.24) is 10.6 Å². The van der Waals surface area contributed by atoms with E-state index in [1.54, 1.807) is 54.6 Å². The molecule has 7 nitrogen and oxygen atoms in total. The van der Waals surface area contributed by atoms with Crippen LogP contribution in [0.15, 0.2) is 59.5 Å². The molecular formula is C23H30N2O5S. The smallest absolute Gasteiger partial charge is 0.251 e. The molecule has 0 aromatic heterocycles. The highest BCUT2D eigenvalue weighted by molar-refractivity contribution is 7.91. The van der Waals surface area contributed by atoms with E-state index >= 15 is 0 Å². The van der Waals surface area contributed by atoms with Gasteiger partial charge in [-0.15, -0.1) is 0 Å². The molecule has 0 radical (unpaired) electrons. The molecule has 0 aliphatic heterocycles. The van der Waals surface area contributed by atoms with Crippen molar-refractivity contribution in [3.05, 3.63) is 60.2 Å². The van der Waals surface area contributed by atoms with E-state index in [2.05, 4.69) is 10.6 Å². The summed E-state index contributed by atoms with van der Waals surface area (Å²) >= 11 is 0. The lowest BCUT2D eigenvalue weighted by Gasteiger charge is -2.22. The van der Waals surface area contributed by atoms with Crippen LogP contribution in [0.4, 0.5) is 0 Å². The Balaban J connectivity index is 1.88. The van der Waals surface area contributed by atoms with Gasteiger partial charge in [-0.25, -0.2) is 8.42 Å². The van der Waals surface area contributed by atoms with Crippen molar-refractivity contribution in [2.45, 2.75) is 38.1 Å². The van der Waals surface area contributed by atoms with Crippen LogP contribution >= 0.6 is 0 Å². The van der Waals surface area contributed by atoms with E-state index in [0.717, 1.165) is 0 Å². The fourth-order valence-corrected chi connectivity index (χ4v) is 4.29. The Morgan fingerprint density at radius 1 is 1.00 bits per heavy atom. The molecule has 1 unspecified atom stereocenters. The summed E-state index contributed by atoms with van der Waals surface area (Å²) in [7, 11) is -3.39. The van der Waals surface area contributed by atoms with E-state index < -0.39 is 15.9 Å². The summed E-state index contributed by atoms with van der Waals surface area (Å²) in [5.74, 6) is -0.236. The molecule has 0 fully saturated rings. The van der Waals surface area contributed by atoms with E-state index in [9.17, 15) is 18.0 Å². The first-order chi connectivity index (χ1) is 14.7. The van der Waals surface area contributed by atoms with Crippen LogP contribution in [0.5, 0.6) is 5.75 Å². The Morgan fingerprint density at radius 2 is 1.65 bits per heavy atom. The van der Waals surface area contributed by atoms with Crippen LogP contribution in [0.25, 0.3) is 0 Å². The van der Waals surface area contributed by atoms with Gasteiger partial charge in [-0.1, -0.05) is 32.0 Å². The predicted octanol–water partition coefficient (Wildman–Crippen LogP) is 2.82. The van der Waals surface area contributed by atoms with E-state index in [0.29, 0.717) is 17.9 Å². The maximum atomic E-state index is 12.6. The van der Waals surface area contributed by atoms with Gasteiger partial charge in [0.05, 0.1) is 17.3 Å². The summed E-state index contributed by atoms with van der Waals surface area (Å²) in [6.45, 7) is 6.29. The van der Waals surface area contributed by atoms with Crippen LogP contribution in [-0.4, -0.2) is 45.2 Å². The molecule has 2 amide bonds. The maximum Gasteiger partial charge on any atom is 0.251 e. The Hall–Kier alpha value is -2.87. The second kappa shape index (κ2) is 11.5. The third-order valence-electron chi connectivity index (χ3n) is 4.65. The highest BCUT2D eigenvalue weighted by Crippen LogP contribution is 2.13. The Kier molecular flexibility index (Phi) is 9.05. The number of carbonyl (C=O) groups excluding carboxylic acids is 2. The monoisotopic (exact) mass is 446 g/mol. The van der Waals surface area contributed by atoms with Crippen molar-refractivity contribution < 1.29 is 22.7 Å². The minimum Gasteiger partial charge on any atom is -0.494 e. The van der Waals surface area contributed by atoms with Crippen molar-refractivity contribution in [1.29, 1.82) is 0 Å². The lowest BCUT2D eigenvalue weighted by molar-refractivity contribution is -0.123. The topological polar surface area (TPSA) is 102 Å². The first-order valence-electron chi connectivity index (χ1n) is 10.3. The van der Waals surface area contributed by atoms with Crippen molar-refractivity contribution in [2.75, 3.05) is 18.9 Å². The molecule has 168 valence electrons. The lowest BCUT2D eigenvalue weighted by Crippen LogP contribution is -2.50. The lowest BCUT2D eigenvalue weighted by atomic mass is 10.0. The first-order valence-corrected chi connectivity index (χ1v) is 12.0. The second-order valence-electron chi connectivity index (χ2n) is 7.43. The number of hydrogen-bond donors (Lipinski definition) is 2. The molecule has 0 bridgehead atoms. The van der Waals surface area contributed by atoms with Gasteiger partial charge < -0.3 is 15.4 Å². The summed E-state index contributed by atoms with van der Waals surface area (Å²) < 4.78 is 30.0. The third kappa shape index (κ3) is 7.40. The van der Waals surface area contributed by atoms with Gasteiger partial charge in [0.2, 0.25) is 5.91 Å². The molecule has 0 heterocycles. The predicted molar refractivity (Wildman–Crippen MR) is 120 cm³/mol. The number of nitrogens with one attached hydrogen (secondary N) is 2. The van der Waals surface area contributed by atoms with Crippen LogP contribution in [-0.2, 0) is 14.6 Å². The van der Waals surface area contributed by atoms with Crippen molar-refractivity contribution >= 4 is 21.7 Å². The molecule has 31 heavy (non-hydrogen) atoms. The molecule has 0 saturated heterocycles. The van der Waals surface area contributed by atoms with Gasteiger partial charge in [-0.05, 0) is 55.7 Å². The molecule has 0 spiro atoms. The van der Waals surface area contributed by atoms with Gasteiger partial charge in [-0.2, -0.15) is 0 Å². The molecule has 2 aromatic rings. The summed E-state index contributed by atoms with van der Waals surface area (Å²) in [5, 5.41) is 5.49. The van der Waals surface area contributed by atoms with E-state index in [1.807, 2.05) is 20.8 Å². The van der Waals surface area contributed by atoms with Gasteiger partial charge in [0, 0.05) is 12.1 Å². The van der Waals surface area contributed by atoms with Gasteiger partial charge in [0.25, 0.3) is 5.91 Å². The summed E-state index contributed by atoms with van der Waals surface area (Å²) in [5.41, 5.74) is 0.427. The number of benzene rings is 2. The average Bonchev–Trinajstić information content (AvgIpc) is 2.76. The maximum absolute atomic E-state index is 12.6. The zero-order valence-corrected chi connectivity index (χ0v) is 18.9. The zero-order valence-electron chi connectivity index (χ0n) is 18.1. The Bertz CT molecular complexity index is 957. The number of sulfone groups is 1. The third-order valence-corrected chi connectivity index (χ3v) is 6.47. The van der Waals surface area contributed by atoms with Crippen LogP contribution in [0.2, 0.25) is 0 Å². The molecule has 0 aliphatic carbocycles. The van der Waals surface area contributed by atoms with Crippen LogP contribution in [0, 0.1) is 5.92 Å². The van der Waals surface area contributed by atoms with Crippen LogP contribution in [0.3, 0.4) is 0 Å². The first kappa shape index (κ1) is 24.4. The number of amides is 2. The van der Waals surface area contributed by atoms with Gasteiger partial charge in [0.1, 0.15) is 11.8 Å². The normalized spacial score (nSPS) is 12.3. The molecule has 0 aliphatic rings. The standard InChI is InChI=1S/C23H30N2O5S/c1-4-30-19-13-11-18(12-14-19)22(26)25-21(17(2)3)23(27)24-15-8-16-31(28,29)20-9-6-5-7-10-20/h5-7,9-14,17,21H,4,8,15-16H2,1-3H3,(H,24,27)(H,25,26). The molecular weight excluding hydrogens is 416 g/mol.